The molecule has 3 aromatic rings. The maximum atomic E-state index is 12.6. The molecule has 0 radical (unpaired) electrons. The summed E-state index contributed by atoms with van der Waals surface area (Å²) in [6.07, 6.45) is 4.01. The van der Waals surface area contributed by atoms with Crippen molar-refractivity contribution in [3.05, 3.63) is 46.7 Å². The van der Waals surface area contributed by atoms with E-state index < -0.39 is 0 Å². The molecular formula is C22H23N3O5S. The van der Waals surface area contributed by atoms with E-state index >= 15 is 0 Å². The summed E-state index contributed by atoms with van der Waals surface area (Å²) in [4.78, 5) is 26.2. The zero-order valence-corrected chi connectivity index (χ0v) is 18.2. The van der Waals surface area contributed by atoms with Gasteiger partial charge in [-0.1, -0.05) is 6.92 Å². The molecule has 8 nitrogen and oxygen atoms in total. The van der Waals surface area contributed by atoms with E-state index in [-0.39, 0.29) is 25.1 Å². The lowest BCUT2D eigenvalue weighted by molar-refractivity contribution is -0.118. The van der Waals surface area contributed by atoms with Gasteiger partial charge in [0.25, 0.3) is 5.91 Å². The fourth-order valence-electron chi connectivity index (χ4n) is 3.56. The highest BCUT2D eigenvalue weighted by molar-refractivity contribution is 7.17. The first-order chi connectivity index (χ1) is 15.0. The third kappa shape index (κ3) is 4.77. The zero-order valence-electron chi connectivity index (χ0n) is 17.3. The number of hydrogen-bond acceptors (Lipinski definition) is 8. The van der Waals surface area contributed by atoms with Gasteiger partial charge < -0.3 is 19.2 Å². The zero-order chi connectivity index (χ0) is 21.8. The number of esters is 1. The van der Waals surface area contributed by atoms with Gasteiger partial charge in [-0.3, -0.25) is 4.79 Å². The lowest BCUT2D eigenvalue weighted by atomic mass is 9.88. The number of benzene rings is 1. The number of rotatable bonds is 7. The molecule has 31 heavy (non-hydrogen) atoms. The molecule has 2 aromatic heterocycles. The van der Waals surface area contributed by atoms with Crippen molar-refractivity contribution in [3.8, 4) is 17.2 Å². The fraction of sp³-hybridized carbons (Fsp3) is 0.364. The topological polar surface area (TPSA) is 104 Å². The third-order valence-corrected chi connectivity index (χ3v) is 6.25. The summed E-state index contributed by atoms with van der Waals surface area (Å²) in [6.45, 7) is 4.08. The number of anilines is 1. The van der Waals surface area contributed by atoms with Gasteiger partial charge in [-0.05, 0) is 61.9 Å². The van der Waals surface area contributed by atoms with E-state index in [0.717, 1.165) is 35.3 Å². The van der Waals surface area contributed by atoms with Gasteiger partial charge in [-0.25, -0.2) is 4.79 Å². The number of amides is 1. The highest BCUT2D eigenvalue weighted by Crippen LogP contribution is 2.40. The molecule has 0 bridgehead atoms. The lowest BCUT2D eigenvalue weighted by Crippen LogP contribution is -2.21. The largest absolute Gasteiger partial charge is 0.484 e. The smallest absolute Gasteiger partial charge is 0.341 e. The maximum absolute atomic E-state index is 12.6. The van der Waals surface area contributed by atoms with Gasteiger partial charge in [0, 0.05) is 10.4 Å². The van der Waals surface area contributed by atoms with Gasteiger partial charge in [-0.15, -0.1) is 21.5 Å². The van der Waals surface area contributed by atoms with Crippen molar-refractivity contribution >= 4 is 28.2 Å². The number of carbonyl (C=O) groups excluding carboxylic acids is 2. The predicted molar refractivity (Wildman–Crippen MR) is 115 cm³/mol. The van der Waals surface area contributed by atoms with Gasteiger partial charge in [0.15, 0.2) is 6.61 Å². The maximum Gasteiger partial charge on any atom is 0.341 e. The molecule has 1 aliphatic carbocycles. The van der Waals surface area contributed by atoms with Crippen molar-refractivity contribution < 1.29 is 23.5 Å². The molecule has 0 aliphatic heterocycles. The van der Waals surface area contributed by atoms with Crippen LogP contribution < -0.4 is 10.1 Å². The van der Waals surface area contributed by atoms with E-state index in [1.165, 1.54) is 17.7 Å². The number of nitrogens with one attached hydrogen (secondary N) is 1. The summed E-state index contributed by atoms with van der Waals surface area (Å²) in [6, 6.07) is 6.99. The first kappa shape index (κ1) is 21.0. The van der Waals surface area contributed by atoms with Gasteiger partial charge in [0.05, 0.1) is 12.2 Å². The van der Waals surface area contributed by atoms with Gasteiger partial charge in [0.1, 0.15) is 10.8 Å². The SMILES string of the molecule is CCOC(=O)c1c(NC(=O)COc2ccc(-c3nnco3)cc2)sc2c1CCC(C)C2. The minimum Gasteiger partial charge on any atom is -0.484 e. The first-order valence-electron chi connectivity index (χ1n) is 10.2. The normalized spacial score (nSPS) is 15.2. The van der Waals surface area contributed by atoms with Crippen LogP contribution in [-0.4, -0.2) is 35.3 Å². The van der Waals surface area contributed by atoms with E-state index in [2.05, 4.69) is 22.4 Å². The van der Waals surface area contributed by atoms with Gasteiger partial charge >= 0.3 is 5.97 Å². The van der Waals surface area contributed by atoms with Crippen LogP contribution in [-0.2, 0) is 22.4 Å². The van der Waals surface area contributed by atoms with Crippen LogP contribution in [0.4, 0.5) is 5.00 Å². The fourth-order valence-corrected chi connectivity index (χ4v) is 4.98. The molecule has 1 N–H and O–H groups in total. The summed E-state index contributed by atoms with van der Waals surface area (Å²) in [7, 11) is 0. The number of carbonyl (C=O) groups is 2. The van der Waals surface area contributed by atoms with Crippen molar-refractivity contribution in [2.75, 3.05) is 18.5 Å². The number of hydrogen-bond donors (Lipinski definition) is 1. The number of aromatic nitrogens is 2. The third-order valence-electron chi connectivity index (χ3n) is 5.08. The summed E-state index contributed by atoms with van der Waals surface area (Å²) < 4.78 is 16.0. The van der Waals surface area contributed by atoms with Gasteiger partial charge in [-0.2, -0.15) is 0 Å². The van der Waals surface area contributed by atoms with Crippen molar-refractivity contribution in [1.29, 1.82) is 0 Å². The Morgan fingerprint density at radius 3 is 2.81 bits per heavy atom. The van der Waals surface area contributed by atoms with Gasteiger partial charge in [0.2, 0.25) is 12.3 Å². The molecule has 1 atom stereocenters. The minimum absolute atomic E-state index is 0.179. The van der Waals surface area contributed by atoms with Crippen molar-refractivity contribution in [2.24, 2.45) is 5.92 Å². The number of fused-ring (bicyclic) bond motifs is 1. The molecule has 4 rings (SSSR count). The highest BCUT2D eigenvalue weighted by Gasteiger charge is 2.29. The second-order valence-electron chi connectivity index (χ2n) is 7.38. The quantitative estimate of drug-likeness (QED) is 0.550. The molecule has 9 heteroatoms. The van der Waals surface area contributed by atoms with E-state index in [4.69, 9.17) is 13.9 Å². The molecular weight excluding hydrogens is 418 g/mol. The molecule has 0 saturated carbocycles. The van der Waals surface area contributed by atoms with Crippen LogP contribution in [0.2, 0.25) is 0 Å². The van der Waals surface area contributed by atoms with Crippen LogP contribution >= 0.6 is 11.3 Å². The Labute approximate surface area is 183 Å². The molecule has 0 spiro atoms. The van der Waals surface area contributed by atoms with Crippen LogP contribution in [0.25, 0.3) is 11.5 Å². The number of nitrogens with zero attached hydrogens (tertiary/aromatic N) is 2. The predicted octanol–water partition coefficient (Wildman–Crippen LogP) is 4.12. The average Bonchev–Trinajstić information content (AvgIpc) is 3.40. The second kappa shape index (κ2) is 9.30. The van der Waals surface area contributed by atoms with Crippen molar-refractivity contribution in [1.82, 2.24) is 10.2 Å². The molecule has 2 heterocycles. The second-order valence-corrected chi connectivity index (χ2v) is 8.49. The summed E-state index contributed by atoms with van der Waals surface area (Å²) >= 11 is 1.46. The van der Waals surface area contributed by atoms with E-state index in [0.29, 0.717) is 28.1 Å². The molecule has 1 aliphatic rings. The Balaban J connectivity index is 1.43. The lowest BCUT2D eigenvalue weighted by Gasteiger charge is -2.18. The monoisotopic (exact) mass is 441 g/mol. The standard InChI is InChI=1S/C22H23N3O5S/c1-3-28-22(27)19-16-9-4-13(2)10-17(16)31-21(19)24-18(26)11-29-15-7-5-14(6-8-15)20-25-23-12-30-20/h5-8,12-13H,3-4,9-11H2,1-2H3,(H,24,26). The molecule has 162 valence electrons. The molecule has 0 fully saturated rings. The van der Waals surface area contributed by atoms with E-state index in [1.54, 1.807) is 31.2 Å². The molecule has 1 aromatic carbocycles. The van der Waals surface area contributed by atoms with Crippen LogP contribution in [0.1, 0.15) is 41.1 Å². The Morgan fingerprint density at radius 2 is 2.10 bits per heavy atom. The Kier molecular flexibility index (Phi) is 6.31. The summed E-state index contributed by atoms with van der Waals surface area (Å²) in [5.74, 6) is 0.777. The molecule has 1 amide bonds. The molecule has 0 saturated heterocycles. The molecule has 1 unspecified atom stereocenters. The van der Waals surface area contributed by atoms with Crippen LogP contribution in [0, 0.1) is 5.92 Å². The minimum atomic E-state index is -0.387. The average molecular weight is 442 g/mol. The van der Waals surface area contributed by atoms with E-state index in [9.17, 15) is 9.59 Å². The summed E-state index contributed by atoms with van der Waals surface area (Å²) in [5, 5.41) is 10.9. The van der Waals surface area contributed by atoms with E-state index in [1.807, 2.05) is 0 Å². The number of ether oxygens (including phenoxy) is 2. The highest BCUT2D eigenvalue weighted by atomic mass is 32.1. The van der Waals surface area contributed by atoms with Crippen molar-refractivity contribution in [3.63, 3.8) is 0 Å². The number of thiophene rings is 1. The Bertz CT molecular complexity index is 1060. The summed E-state index contributed by atoms with van der Waals surface area (Å²) in [5.41, 5.74) is 2.26. The van der Waals surface area contributed by atoms with Crippen molar-refractivity contribution in [2.45, 2.75) is 33.1 Å². The van der Waals surface area contributed by atoms with Crippen LogP contribution in [0.15, 0.2) is 35.1 Å². The first-order valence-corrected chi connectivity index (χ1v) is 11.0. The van der Waals surface area contributed by atoms with Crippen LogP contribution in [0.5, 0.6) is 5.75 Å². The van der Waals surface area contributed by atoms with Crippen LogP contribution in [0.3, 0.4) is 0 Å². The Hall–Kier alpha value is -3.20. The Morgan fingerprint density at radius 1 is 1.29 bits per heavy atom.